The number of carbonyl (C=O) groups is 1. The number of ether oxygens (including phenoxy) is 2. The van der Waals surface area contributed by atoms with Crippen molar-refractivity contribution in [2.24, 2.45) is 5.92 Å². The fourth-order valence-corrected chi connectivity index (χ4v) is 3.54. The number of rotatable bonds is 12. The lowest BCUT2D eigenvalue weighted by Crippen LogP contribution is -2.34. The molecule has 4 heteroatoms. The van der Waals surface area contributed by atoms with Gasteiger partial charge < -0.3 is 14.6 Å². The van der Waals surface area contributed by atoms with Gasteiger partial charge in [0, 0.05) is 12.0 Å². The molecule has 2 aromatic rings. The number of carbonyl (C=O) groups excluding carboxylic acids is 1. The first-order chi connectivity index (χ1) is 14.6. The van der Waals surface area contributed by atoms with E-state index in [9.17, 15) is 9.90 Å². The summed E-state index contributed by atoms with van der Waals surface area (Å²) in [5.74, 6) is 0.328. The molecule has 1 N–H and O–H groups in total. The summed E-state index contributed by atoms with van der Waals surface area (Å²) in [7, 11) is 0. The Morgan fingerprint density at radius 2 is 1.80 bits per heavy atom. The molecule has 0 aliphatic rings. The molecule has 0 fully saturated rings. The lowest BCUT2D eigenvalue weighted by Gasteiger charge is -2.29. The zero-order valence-corrected chi connectivity index (χ0v) is 18.3. The van der Waals surface area contributed by atoms with E-state index in [-0.39, 0.29) is 18.0 Å². The predicted octanol–water partition coefficient (Wildman–Crippen LogP) is 5.79. The summed E-state index contributed by atoms with van der Waals surface area (Å²) in [6.07, 6.45) is 5.57. The van der Waals surface area contributed by atoms with Crippen molar-refractivity contribution in [2.45, 2.75) is 65.3 Å². The second-order valence-electron chi connectivity index (χ2n) is 7.49. The van der Waals surface area contributed by atoms with Crippen molar-refractivity contribution in [3.63, 3.8) is 0 Å². The van der Waals surface area contributed by atoms with Crippen molar-refractivity contribution in [3.05, 3.63) is 71.8 Å². The van der Waals surface area contributed by atoms with Crippen LogP contribution in [0, 0.1) is 5.92 Å². The van der Waals surface area contributed by atoms with Crippen molar-refractivity contribution in [1.29, 1.82) is 0 Å². The van der Waals surface area contributed by atoms with Crippen LogP contribution >= 0.6 is 0 Å². The van der Waals surface area contributed by atoms with E-state index >= 15 is 0 Å². The van der Waals surface area contributed by atoms with E-state index < -0.39 is 6.10 Å². The highest BCUT2D eigenvalue weighted by atomic mass is 16.5. The van der Waals surface area contributed by atoms with Crippen LogP contribution in [-0.4, -0.2) is 23.3 Å². The zero-order valence-electron chi connectivity index (χ0n) is 18.3. The molecule has 0 amide bonds. The molecule has 0 aliphatic carbocycles. The number of hydrogen-bond donors (Lipinski definition) is 1. The van der Waals surface area contributed by atoms with Crippen LogP contribution in [0.1, 0.15) is 57.6 Å². The molecule has 162 valence electrons. The largest absolute Gasteiger partial charge is 0.489 e. The minimum atomic E-state index is -0.454. The maximum atomic E-state index is 12.4. The summed E-state index contributed by atoms with van der Waals surface area (Å²) < 4.78 is 11.5. The van der Waals surface area contributed by atoms with Gasteiger partial charge in [-0.2, -0.15) is 0 Å². The third-order valence-corrected chi connectivity index (χ3v) is 5.20. The molecule has 1 unspecified atom stereocenters. The number of aliphatic hydroxyl groups is 1. The average Bonchev–Trinajstić information content (AvgIpc) is 2.79. The summed E-state index contributed by atoms with van der Waals surface area (Å²) in [5, 5.41) is 10.3. The van der Waals surface area contributed by atoms with Gasteiger partial charge in [-0.15, -0.1) is 0 Å². The van der Waals surface area contributed by atoms with Crippen LogP contribution in [0.2, 0.25) is 0 Å². The summed E-state index contributed by atoms with van der Waals surface area (Å²) in [6, 6.07) is 17.6. The molecule has 0 aromatic heterocycles. The van der Waals surface area contributed by atoms with E-state index in [2.05, 4.69) is 6.92 Å². The molecule has 3 atom stereocenters. The molecule has 0 saturated heterocycles. The van der Waals surface area contributed by atoms with Crippen LogP contribution in [-0.2, 0) is 16.1 Å². The minimum Gasteiger partial charge on any atom is -0.489 e. The fourth-order valence-electron chi connectivity index (χ4n) is 3.54. The highest BCUT2D eigenvalue weighted by Crippen LogP contribution is 2.24. The molecule has 2 aromatic carbocycles. The van der Waals surface area contributed by atoms with Gasteiger partial charge in [-0.3, -0.25) is 0 Å². The van der Waals surface area contributed by atoms with Gasteiger partial charge in [-0.1, -0.05) is 69.7 Å². The summed E-state index contributed by atoms with van der Waals surface area (Å²) in [5.41, 5.74) is 1.97. The van der Waals surface area contributed by atoms with E-state index in [1.165, 1.54) is 6.08 Å². The smallest absolute Gasteiger partial charge is 0.331 e. The Morgan fingerprint density at radius 3 is 2.47 bits per heavy atom. The molecule has 30 heavy (non-hydrogen) atoms. The Bertz CT molecular complexity index is 785. The second kappa shape index (κ2) is 12.9. The topological polar surface area (TPSA) is 55.8 Å². The average molecular weight is 411 g/mol. The van der Waals surface area contributed by atoms with Gasteiger partial charge in [0.15, 0.2) is 0 Å². The maximum Gasteiger partial charge on any atom is 0.331 e. The Morgan fingerprint density at radius 1 is 1.03 bits per heavy atom. The van der Waals surface area contributed by atoms with Crippen LogP contribution in [0.3, 0.4) is 0 Å². The van der Waals surface area contributed by atoms with Crippen molar-refractivity contribution in [2.75, 3.05) is 0 Å². The minimum absolute atomic E-state index is 0.0305. The lowest BCUT2D eigenvalue weighted by molar-refractivity contribution is -0.148. The second-order valence-corrected chi connectivity index (χ2v) is 7.49. The number of benzene rings is 2. The predicted molar refractivity (Wildman–Crippen MR) is 121 cm³/mol. The first-order valence-electron chi connectivity index (χ1n) is 10.9. The van der Waals surface area contributed by atoms with E-state index in [1.54, 1.807) is 6.08 Å². The van der Waals surface area contributed by atoms with Crippen molar-refractivity contribution < 1.29 is 19.4 Å². The summed E-state index contributed by atoms with van der Waals surface area (Å²) in [6.45, 7) is 6.51. The molecule has 0 bridgehead atoms. The molecule has 0 spiro atoms. The first-order valence-corrected chi connectivity index (χ1v) is 10.9. The molecule has 0 heterocycles. The van der Waals surface area contributed by atoms with Crippen LogP contribution in [0.5, 0.6) is 5.75 Å². The number of aliphatic hydroxyl groups excluding tert-OH is 1. The highest BCUT2D eigenvalue weighted by molar-refractivity contribution is 5.87. The molecule has 0 saturated carbocycles. The monoisotopic (exact) mass is 410 g/mol. The quantitative estimate of drug-likeness (QED) is 0.355. The maximum absolute atomic E-state index is 12.4. The lowest BCUT2D eigenvalue weighted by atomic mass is 9.88. The van der Waals surface area contributed by atoms with Crippen LogP contribution in [0.4, 0.5) is 0 Å². The zero-order chi connectivity index (χ0) is 21.8. The summed E-state index contributed by atoms with van der Waals surface area (Å²) >= 11 is 0. The molecule has 0 radical (unpaired) electrons. The Balaban J connectivity index is 1.96. The number of hydrogen-bond acceptors (Lipinski definition) is 4. The molecule has 0 aliphatic heterocycles. The van der Waals surface area contributed by atoms with Gasteiger partial charge in [-0.05, 0) is 48.6 Å². The van der Waals surface area contributed by atoms with Gasteiger partial charge in [0.05, 0.1) is 6.10 Å². The fraction of sp³-hybridized carbons (Fsp3) is 0.423. The molecular formula is C26H34O4. The van der Waals surface area contributed by atoms with E-state index in [0.29, 0.717) is 19.4 Å². The van der Waals surface area contributed by atoms with Crippen molar-refractivity contribution in [3.8, 4) is 5.75 Å². The molecule has 2 rings (SSSR count). The molecule has 4 nitrogen and oxygen atoms in total. The Hall–Kier alpha value is -2.59. The van der Waals surface area contributed by atoms with Crippen LogP contribution in [0.25, 0.3) is 6.08 Å². The van der Waals surface area contributed by atoms with Gasteiger partial charge in [-0.25, -0.2) is 4.79 Å². The molecular weight excluding hydrogens is 376 g/mol. The first kappa shape index (κ1) is 23.7. The third kappa shape index (κ3) is 7.68. The number of esters is 1. The standard InChI is InChI=1S/C26H34O4/c1-4-11-23(24(27)5-2)25(6-3)30-26(28)17-16-20-14-10-15-22(18-20)29-19-21-12-8-7-9-13-21/h7-10,12-18,23-25,27H,4-6,11,19H2,1-3H3/t23?,24-,25+/m0/s1. The van der Waals surface area contributed by atoms with Gasteiger partial charge in [0.25, 0.3) is 0 Å². The van der Waals surface area contributed by atoms with Crippen LogP contribution < -0.4 is 4.74 Å². The third-order valence-electron chi connectivity index (χ3n) is 5.20. The van der Waals surface area contributed by atoms with E-state index in [4.69, 9.17) is 9.47 Å². The van der Waals surface area contributed by atoms with Crippen molar-refractivity contribution in [1.82, 2.24) is 0 Å². The SMILES string of the molecule is CCCC([C@@H](O)CC)[C@@H](CC)OC(=O)C=Cc1cccc(OCc2ccccc2)c1. The van der Waals surface area contributed by atoms with Gasteiger partial charge in [0.2, 0.25) is 0 Å². The van der Waals surface area contributed by atoms with E-state index in [1.807, 2.05) is 68.4 Å². The van der Waals surface area contributed by atoms with Crippen molar-refractivity contribution >= 4 is 12.0 Å². The van der Waals surface area contributed by atoms with Gasteiger partial charge >= 0.3 is 5.97 Å². The van der Waals surface area contributed by atoms with Crippen LogP contribution in [0.15, 0.2) is 60.7 Å². The summed E-state index contributed by atoms with van der Waals surface area (Å²) in [4.78, 5) is 12.4. The normalized spacial score (nSPS) is 14.3. The van der Waals surface area contributed by atoms with Gasteiger partial charge in [0.1, 0.15) is 18.5 Å². The Labute approximate surface area is 180 Å². The van der Waals surface area contributed by atoms with E-state index in [0.717, 1.165) is 29.7 Å². The Kier molecular flexibility index (Phi) is 10.2. The highest BCUT2D eigenvalue weighted by Gasteiger charge is 2.28.